The summed E-state index contributed by atoms with van der Waals surface area (Å²) in [5, 5.41) is 26.1. The van der Waals surface area contributed by atoms with Crippen LogP contribution in [0.4, 0.5) is 0 Å². The monoisotopic (exact) mass is 504 g/mol. The van der Waals surface area contributed by atoms with E-state index in [9.17, 15) is 14.7 Å². The van der Waals surface area contributed by atoms with E-state index in [0.717, 1.165) is 24.0 Å². The number of hydrogen-bond donors (Lipinski definition) is 4. The molecule has 1 saturated heterocycles. The summed E-state index contributed by atoms with van der Waals surface area (Å²) in [5.41, 5.74) is 1.58. The molecule has 2 amide bonds. The second-order valence-corrected chi connectivity index (χ2v) is 11.0. The molecular formula is C29H36N4O4. The third-order valence-corrected chi connectivity index (χ3v) is 8.37. The number of benzene rings is 2. The molecule has 1 fully saturated rings. The van der Waals surface area contributed by atoms with Gasteiger partial charge >= 0.3 is 0 Å². The SMILES string of the molecule is CCC1(CC)CC(=O)N([C@@H]2C[C@@H](C)Oc3ccc(C(=O)N[C@@H]4c5ccccc5C[C@@]4(C)O)cc32)C(=N)N1. The topological polar surface area (TPSA) is 115 Å². The van der Waals surface area contributed by atoms with Crippen LogP contribution in [0.1, 0.15) is 92.5 Å². The quantitative estimate of drug-likeness (QED) is 0.492. The van der Waals surface area contributed by atoms with E-state index in [4.69, 9.17) is 10.1 Å². The van der Waals surface area contributed by atoms with Crippen LogP contribution < -0.4 is 15.4 Å². The maximum absolute atomic E-state index is 13.4. The van der Waals surface area contributed by atoms with Crippen molar-refractivity contribution in [1.82, 2.24) is 15.5 Å². The van der Waals surface area contributed by atoms with Gasteiger partial charge in [-0.05, 0) is 56.0 Å². The van der Waals surface area contributed by atoms with Gasteiger partial charge in [0.05, 0.1) is 30.2 Å². The van der Waals surface area contributed by atoms with E-state index >= 15 is 0 Å². The molecule has 196 valence electrons. The number of aliphatic hydroxyl groups is 1. The lowest BCUT2D eigenvalue weighted by molar-refractivity contribution is -0.133. The van der Waals surface area contributed by atoms with Crippen molar-refractivity contribution in [2.24, 2.45) is 0 Å². The molecular weight excluding hydrogens is 468 g/mol. The predicted molar refractivity (Wildman–Crippen MR) is 141 cm³/mol. The highest BCUT2D eigenvalue weighted by Gasteiger charge is 2.45. The van der Waals surface area contributed by atoms with Crippen LogP contribution in [0.5, 0.6) is 5.75 Å². The highest BCUT2D eigenvalue weighted by Crippen LogP contribution is 2.42. The van der Waals surface area contributed by atoms with E-state index in [1.807, 2.05) is 45.0 Å². The average molecular weight is 505 g/mol. The molecule has 0 radical (unpaired) electrons. The van der Waals surface area contributed by atoms with Crippen molar-refractivity contribution in [3.63, 3.8) is 0 Å². The number of nitrogens with one attached hydrogen (secondary N) is 3. The van der Waals surface area contributed by atoms with Gasteiger partial charge in [0.15, 0.2) is 5.96 Å². The van der Waals surface area contributed by atoms with Crippen molar-refractivity contribution in [2.45, 2.75) is 89.1 Å². The third kappa shape index (κ3) is 4.37. The van der Waals surface area contributed by atoms with E-state index in [0.29, 0.717) is 36.1 Å². The molecule has 2 heterocycles. The number of ether oxygens (including phenoxy) is 1. The van der Waals surface area contributed by atoms with Gasteiger partial charge in [0.1, 0.15) is 5.75 Å². The van der Waals surface area contributed by atoms with Crippen molar-refractivity contribution in [2.75, 3.05) is 0 Å². The smallest absolute Gasteiger partial charge is 0.251 e. The highest BCUT2D eigenvalue weighted by atomic mass is 16.5. The summed E-state index contributed by atoms with van der Waals surface area (Å²) in [6.45, 7) is 7.75. The third-order valence-electron chi connectivity index (χ3n) is 8.37. The minimum absolute atomic E-state index is 0.0917. The number of fused-ring (bicyclic) bond motifs is 2. The highest BCUT2D eigenvalue weighted by molar-refractivity contribution is 6.00. The van der Waals surface area contributed by atoms with Gasteiger partial charge in [0.2, 0.25) is 5.91 Å². The molecule has 2 aliphatic heterocycles. The first-order valence-corrected chi connectivity index (χ1v) is 13.2. The van der Waals surface area contributed by atoms with Crippen LogP contribution in [0, 0.1) is 5.41 Å². The molecule has 2 aromatic carbocycles. The minimum Gasteiger partial charge on any atom is -0.490 e. The summed E-state index contributed by atoms with van der Waals surface area (Å²) in [5.74, 6) is 0.308. The van der Waals surface area contributed by atoms with Crippen molar-refractivity contribution >= 4 is 17.8 Å². The van der Waals surface area contributed by atoms with Crippen LogP contribution >= 0.6 is 0 Å². The Hall–Kier alpha value is -3.39. The van der Waals surface area contributed by atoms with E-state index in [2.05, 4.69) is 10.6 Å². The Kier molecular flexibility index (Phi) is 6.26. The number of carbonyl (C=O) groups excluding carboxylic acids is 2. The Labute approximate surface area is 217 Å². The number of nitrogens with zero attached hydrogens (tertiary/aromatic N) is 1. The molecule has 8 nitrogen and oxygen atoms in total. The van der Waals surface area contributed by atoms with Gasteiger partial charge in [-0.25, -0.2) is 0 Å². The van der Waals surface area contributed by atoms with Crippen LogP contribution in [0.25, 0.3) is 0 Å². The summed E-state index contributed by atoms with van der Waals surface area (Å²) in [4.78, 5) is 28.3. The lowest BCUT2D eigenvalue weighted by atomic mass is 9.85. The molecule has 37 heavy (non-hydrogen) atoms. The first-order valence-electron chi connectivity index (χ1n) is 13.2. The Morgan fingerprint density at radius 3 is 2.62 bits per heavy atom. The van der Waals surface area contributed by atoms with Gasteiger partial charge in [-0.2, -0.15) is 0 Å². The van der Waals surface area contributed by atoms with E-state index in [1.54, 1.807) is 25.1 Å². The van der Waals surface area contributed by atoms with Gasteiger partial charge < -0.3 is 20.5 Å². The Morgan fingerprint density at radius 1 is 1.19 bits per heavy atom. The molecule has 2 aromatic rings. The predicted octanol–water partition coefficient (Wildman–Crippen LogP) is 3.99. The van der Waals surface area contributed by atoms with Gasteiger partial charge in [-0.15, -0.1) is 0 Å². The second-order valence-electron chi connectivity index (χ2n) is 11.0. The van der Waals surface area contributed by atoms with Crippen molar-refractivity contribution in [3.8, 4) is 5.75 Å². The first kappa shape index (κ1) is 25.3. The number of guanidine groups is 1. The molecule has 0 spiro atoms. The van der Waals surface area contributed by atoms with Crippen molar-refractivity contribution < 1.29 is 19.4 Å². The zero-order valence-corrected chi connectivity index (χ0v) is 21.9. The molecule has 8 heteroatoms. The van der Waals surface area contributed by atoms with Crippen LogP contribution in [0.2, 0.25) is 0 Å². The lowest BCUT2D eigenvalue weighted by Crippen LogP contribution is -2.63. The minimum atomic E-state index is -1.10. The van der Waals surface area contributed by atoms with E-state index in [1.165, 1.54) is 4.90 Å². The maximum atomic E-state index is 13.4. The first-order chi connectivity index (χ1) is 17.6. The number of amides is 2. The second kappa shape index (κ2) is 9.17. The maximum Gasteiger partial charge on any atom is 0.251 e. The fraction of sp³-hybridized carbons (Fsp3) is 0.483. The summed E-state index contributed by atoms with van der Waals surface area (Å²) in [6.07, 6.45) is 2.67. The molecule has 0 unspecified atom stereocenters. The zero-order chi connectivity index (χ0) is 26.5. The lowest BCUT2D eigenvalue weighted by Gasteiger charge is -2.46. The molecule has 1 aliphatic carbocycles. The number of rotatable bonds is 5. The molecule has 0 aromatic heterocycles. The summed E-state index contributed by atoms with van der Waals surface area (Å²) < 4.78 is 6.05. The summed E-state index contributed by atoms with van der Waals surface area (Å²) in [6, 6.07) is 12.0. The Balaban J connectivity index is 1.44. The Morgan fingerprint density at radius 2 is 1.92 bits per heavy atom. The molecule has 3 aliphatic rings. The normalized spacial score (nSPS) is 28.1. The Bertz CT molecular complexity index is 1230. The average Bonchev–Trinajstić information content (AvgIpc) is 3.12. The van der Waals surface area contributed by atoms with E-state index in [-0.39, 0.29) is 23.9 Å². The number of hydrogen-bond acceptors (Lipinski definition) is 5. The molecule has 0 bridgehead atoms. The van der Waals surface area contributed by atoms with Crippen LogP contribution in [-0.2, 0) is 11.2 Å². The largest absolute Gasteiger partial charge is 0.490 e. The van der Waals surface area contributed by atoms with Crippen molar-refractivity contribution in [3.05, 3.63) is 64.7 Å². The van der Waals surface area contributed by atoms with Crippen LogP contribution in [-0.4, -0.2) is 45.0 Å². The van der Waals surface area contributed by atoms with Crippen LogP contribution in [0.15, 0.2) is 42.5 Å². The molecule has 4 N–H and O–H groups in total. The zero-order valence-electron chi connectivity index (χ0n) is 21.9. The fourth-order valence-corrected chi connectivity index (χ4v) is 6.12. The summed E-state index contributed by atoms with van der Waals surface area (Å²) in [7, 11) is 0. The number of carbonyl (C=O) groups is 2. The molecule has 4 atom stereocenters. The fourth-order valence-electron chi connectivity index (χ4n) is 6.12. The molecule has 5 rings (SSSR count). The standard InChI is InChI=1S/C29H36N4O4/c1-5-29(6-2)16-24(34)33(27(30)32-29)22-13-17(3)37-23-12-11-18(14-21(22)23)26(35)31-25-20-10-8-7-9-19(20)15-28(25,4)36/h7-12,14,17,22,25,36H,5-6,13,15-16H2,1-4H3,(H2,30,32)(H,31,35)/t17-,22-,25-,28-/m1/s1. The molecule has 0 saturated carbocycles. The van der Waals surface area contributed by atoms with Gasteiger partial charge in [0, 0.05) is 29.5 Å². The van der Waals surface area contributed by atoms with Crippen LogP contribution in [0.3, 0.4) is 0 Å². The van der Waals surface area contributed by atoms with Gasteiger partial charge in [0.25, 0.3) is 5.91 Å². The van der Waals surface area contributed by atoms with E-state index < -0.39 is 23.2 Å². The van der Waals surface area contributed by atoms with Gasteiger partial charge in [-0.3, -0.25) is 19.9 Å². The summed E-state index contributed by atoms with van der Waals surface area (Å²) >= 11 is 0. The van der Waals surface area contributed by atoms with Gasteiger partial charge in [-0.1, -0.05) is 38.1 Å². The van der Waals surface area contributed by atoms with Crippen molar-refractivity contribution in [1.29, 1.82) is 5.41 Å².